The Morgan fingerprint density at radius 2 is 1.89 bits per heavy atom. The summed E-state index contributed by atoms with van der Waals surface area (Å²) in [4.78, 5) is 29.6. The van der Waals surface area contributed by atoms with Crippen molar-refractivity contribution in [3.05, 3.63) is 88.6 Å². The third-order valence-electron chi connectivity index (χ3n) is 8.38. The van der Waals surface area contributed by atoms with Crippen molar-refractivity contribution in [1.82, 2.24) is 24.5 Å². The van der Waals surface area contributed by atoms with Gasteiger partial charge in [0.1, 0.15) is 6.33 Å². The van der Waals surface area contributed by atoms with E-state index in [-0.39, 0.29) is 5.91 Å². The van der Waals surface area contributed by atoms with E-state index in [9.17, 15) is 4.79 Å². The van der Waals surface area contributed by atoms with Gasteiger partial charge >= 0.3 is 0 Å². The van der Waals surface area contributed by atoms with Crippen molar-refractivity contribution in [3.63, 3.8) is 0 Å². The van der Waals surface area contributed by atoms with Crippen molar-refractivity contribution in [3.8, 4) is 5.69 Å². The van der Waals surface area contributed by atoms with Crippen LogP contribution in [0.3, 0.4) is 0 Å². The Hall–Kier alpha value is -3.55. The SMILES string of the molecule is CON(C)C(=O)c1ncn2c1CCc1c(CCN3CCC(c4cccc5nc(C)ccc45)CC3)cccc1-2. The third kappa shape index (κ3) is 4.50. The van der Waals surface area contributed by atoms with Crippen LogP contribution in [0.2, 0.25) is 0 Å². The molecule has 1 amide bonds. The summed E-state index contributed by atoms with van der Waals surface area (Å²) in [7, 11) is 3.11. The van der Waals surface area contributed by atoms with Gasteiger partial charge in [-0.15, -0.1) is 0 Å². The van der Waals surface area contributed by atoms with Crippen LogP contribution in [0, 0.1) is 6.92 Å². The molecule has 196 valence electrons. The molecule has 4 heterocycles. The molecule has 0 radical (unpaired) electrons. The second-order valence-corrected chi connectivity index (χ2v) is 10.5. The lowest BCUT2D eigenvalue weighted by atomic mass is 9.87. The number of imidazole rings is 1. The molecule has 0 N–H and O–H groups in total. The number of carbonyl (C=O) groups is 1. The first kappa shape index (κ1) is 24.8. The molecule has 0 saturated carbocycles. The predicted molar refractivity (Wildman–Crippen MR) is 149 cm³/mol. The van der Waals surface area contributed by atoms with Crippen LogP contribution >= 0.6 is 0 Å². The Morgan fingerprint density at radius 3 is 2.71 bits per heavy atom. The number of rotatable bonds is 6. The Labute approximate surface area is 224 Å². The Morgan fingerprint density at radius 1 is 1.08 bits per heavy atom. The van der Waals surface area contributed by atoms with Crippen molar-refractivity contribution < 1.29 is 9.63 Å². The average molecular weight is 510 g/mol. The average Bonchev–Trinajstić information content (AvgIpc) is 3.39. The first-order valence-corrected chi connectivity index (χ1v) is 13.6. The minimum atomic E-state index is -0.209. The van der Waals surface area contributed by atoms with Crippen LogP contribution < -0.4 is 0 Å². The van der Waals surface area contributed by atoms with E-state index in [1.54, 1.807) is 13.4 Å². The summed E-state index contributed by atoms with van der Waals surface area (Å²) in [6.07, 6.45) is 6.91. The number of likely N-dealkylation sites (tertiary alicyclic amines) is 1. The molecular formula is C31H35N5O2. The molecular weight excluding hydrogens is 474 g/mol. The number of benzene rings is 2. The van der Waals surface area contributed by atoms with Gasteiger partial charge in [0.25, 0.3) is 5.91 Å². The fourth-order valence-corrected chi connectivity index (χ4v) is 6.23. The normalized spacial score (nSPS) is 15.9. The Bertz CT molecular complexity index is 1490. The molecule has 0 atom stereocenters. The van der Waals surface area contributed by atoms with Crippen LogP contribution in [-0.4, -0.2) is 64.2 Å². The molecule has 6 rings (SSSR count). The summed E-state index contributed by atoms with van der Waals surface area (Å²) >= 11 is 0. The van der Waals surface area contributed by atoms with Crippen molar-refractivity contribution in [2.45, 2.75) is 44.9 Å². The summed E-state index contributed by atoms with van der Waals surface area (Å²) in [6.45, 7) is 5.38. The topological polar surface area (TPSA) is 63.5 Å². The van der Waals surface area contributed by atoms with Gasteiger partial charge in [0, 0.05) is 24.7 Å². The standard InChI is InChI=1S/C31H35N5O2/c1-21-10-11-26-24(7-5-8-27(26)33-21)23-15-18-35(19-16-23)17-14-22-6-4-9-28-25(22)12-13-29-30(32-20-36(28)29)31(37)34(2)38-3/h4-11,20,23H,12-19H2,1-3H3. The van der Waals surface area contributed by atoms with Crippen molar-refractivity contribution in [2.75, 3.05) is 33.8 Å². The van der Waals surface area contributed by atoms with Gasteiger partial charge in [-0.2, -0.15) is 0 Å². The first-order valence-electron chi connectivity index (χ1n) is 13.6. The van der Waals surface area contributed by atoms with E-state index in [1.165, 1.54) is 47.1 Å². The molecule has 7 nitrogen and oxygen atoms in total. The van der Waals surface area contributed by atoms with Crippen LogP contribution in [0.1, 0.15) is 57.3 Å². The lowest BCUT2D eigenvalue weighted by Gasteiger charge is -2.33. The molecule has 38 heavy (non-hydrogen) atoms. The number of aryl methyl sites for hydroxylation is 1. The zero-order chi connectivity index (χ0) is 26.2. The maximum atomic E-state index is 12.7. The fraction of sp³-hybridized carbons (Fsp3) is 0.387. The highest BCUT2D eigenvalue weighted by Crippen LogP contribution is 2.34. The van der Waals surface area contributed by atoms with Crippen LogP contribution in [-0.2, 0) is 24.1 Å². The van der Waals surface area contributed by atoms with Gasteiger partial charge in [0.05, 0.1) is 24.0 Å². The van der Waals surface area contributed by atoms with Gasteiger partial charge in [0.2, 0.25) is 0 Å². The number of amides is 1. The smallest absolute Gasteiger partial charge is 0.297 e. The van der Waals surface area contributed by atoms with E-state index in [0.717, 1.165) is 61.5 Å². The van der Waals surface area contributed by atoms with Crippen LogP contribution in [0.15, 0.2) is 54.9 Å². The number of nitrogens with zero attached hydrogens (tertiary/aromatic N) is 5. The number of carbonyl (C=O) groups excluding carboxylic acids is 1. The summed E-state index contributed by atoms with van der Waals surface area (Å²) < 4.78 is 2.09. The second kappa shape index (κ2) is 10.3. The summed E-state index contributed by atoms with van der Waals surface area (Å²) in [6, 6.07) is 17.5. The number of aromatic nitrogens is 3. The molecule has 1 fully saturated rings. The molecule has 2 aliphatic heterocycles. The number of hydroxylamine groups is 2. The largest absolute Gasteiger partial charge is 0.303 e. The molecule has 7 heteroatoms. The van der Waals surface area contributed by atoms with Crippen LogP contribution in [0.25, 0.3) is 16.6 Å². The minimum absolute atomic E-state index is 0.209. The molecule has 0 bridgehead atoms. The maximum Gasteiger partial charge on any atom is 0.297 e. The molecule has 0 spiro atoms. The van der Waals surface area contributed by atoms with Gasteiger partial charge in [-0.25, -0.2) is 10.0 Å². The van der Waals surface area contributed by atoms with Crippen molar-refractivity contribution in [2.24, 2.45) is 0 Å². The minimum Gasteiger partial charge on any atom is -0.303 e. The van der Waals surface area contributed by atoms with Crippen molar-refractivity contribution in [1.29, 1.82) is 0 Å². The molecule has 0 unspecified atom stereocenters. The zero-order valence-corrected chi connectivity index (χ0v) is 22.5. The lowest BCUT2D eigenvalue weighted by molar-refractivity contribution is -0.0760. The zero-order valence-electron chi connectivity index (χ0n) is 22.5. The third-order valence-corrected chi connectivity index (χ3v) is 8.38. The quantitative estimate of drug-likeness (QED) is 0.347. The number of fused-ring (bicyclic) bond motifs is 4. The molecule has 0 aliphatic carbocycles. The van der Waals surface area contributed by atoms with E-state index >= 15 is 0 Å². The number of piperidine rings is 1. The van der Waals surface area contributed by atoms with E-state index in [2.05, 4.69) is 69.9 Å². The Balaban J connectivity index is 1.13. The second-order valence-electron chi connectivity index (χ2n) is 10.5. The fourth-order valence-electron chi connectivity index (χ4n) is 6.23. The van der Waals surface area contributed by atoms with Gasteiger partial charge < -0.3 is 9.47 Å². The Kier molecular flexibility index (Phi) is 6.72. The van der Waals surface area contributed by atoms with Crippen molar-refractivity contribution >= 4 is 16.8 Å². The van der Waals surface area contributed by atoms with E-state index < -0.39 is 0 Å². The van der Waals surface area contributed by atoms with Crippen LogP contribution in [0.5, 0.6) is 0 Å². The van der Waals surface area contributed by atoms with Gasteiger partial charge in [-0.05, 0) is 92.9 Å². The highest BCUT2D eigenvalue weighted by molar-refractivity contribution is 5.93. The van der Waals surface area contributed by atoms with Gasteiger partial charge in [0.15, 0.2) is 5.69 Å². The molecule has 1 saturated heterocycles. The maximum absolute atomic E-state index is 12.7. The molecule has 2 aromatic carbocycles. The molecule has 2 aromatic heterocycles. The van der Waals surface area contributed by atoms with E-state index in [0.29, 0.717) is 11.6 Å². The summed E-state index contributed by atoms with van der Waals surface area (Å²) in [5.74, 6) is 0.386. The highest BCUT2D eigenvalue weighted by atomic mass is 16.7. The predicted octanol–water partition coefficient (Wildman–Crippen LogP) is 4.88. The molecule has 2 aliphatic rings. The number of pyridine rings is 1. The highest BCUT2D eigenvalue weighted by Gasteiger charge is 2.27. The summed E-state index contributed by atoms with van der Waals surface area (Å²) in [5, 5.41) is 2.54. The van der Waals surface area contributed by atoms with Gasteiger partial charge in [-0.3, -0.25) is 14.6 Å². The summed E-state index contributed by atoms with van der Waals surface area (Å²) in [5.41, 5.74) is 9.01. The van der Waals surface area contributed by atoms with Gasteiger partial charge in [-0.1, -0.05) is 30.3 Å². The van der Waals surface area contributed by atoms with E-state index in [1.807, 2.05) is 0 Å². The first-order chi connectivity index (χ1) is 18.5. The van der Waals surface area contributed by atoms with Crippen LogP contribution in [0.4, 0.5) is 0 Å². The van der Waals surface area contributed by atoms with E-state index in [4.69, 9.17) is 9.82 Å². The number of hydrogen-bond donors (Lipinski definition) is 0. The lowest BCUT2D eigenvalue weighted by Crippen LogP contribution is -2.34. The monoisotopic (exact) mass is 509 g/mol. The molecule has 4 aromatic rings. The number of hydrogen-bond acceptors (Lipinski definition) is 5.